The van der Waals surface area contributed by atoms with Crippen LogP contribution in [0.5, 0.6) is 0 Å². The summed E-state index contributed by atoms with van der Waals surface area (Å²) in [5.41, 5.74) is -0.207. The molecule has 1 atom stereocenters. The van der Waals surface area contributed by atoms with Gasteiger partial charge >= 0.3 is 0 Å². The molecule has 5 nitrogen and oxygen atoms in total. The van der Waals surface area contributed by atoms with E-state index in [1.54, 1.807) is 7.05 Å². The van der Waals surface area contributed by atoms with Gasteiger partial charge in [-0.1, -0.05) is 13.8 Å². The van der Waals surface area contributed by atoms with Crippen LogP contribution in [0.4, 0.5) is 0 Å². The number of nitrogens with one attached hydrogen (secondary N) is 3. The number of hydrogen-bond acceptors (Lipinski definition) is 2. The lowest BCUT2D eigenvalue weighted by Gasteiger charge is -2.23. The molecule has 18 heavy (non-hydrogen) atoms. The molecule has 0 aromatic rings. The molecular weight excluding hydrogens is 228 g/mol. The van der Waals surface area contributed by atoms with E-state index in [1.165, 1.54) is 0 Å². The number of rotatable bonds is 4. The summed E-state index contributed by atoms with van der Waals surface area (Å²) < 4.78 is 0. The zero-order valence-electron chi connectivity index (χ0n) is 12.7. The first-order chi connectivity index (χ1) is 8.15. The Hall–Kier alpha value is -1.26. The number of carbonyl (C=O) groups excluding carboxylic acids is 1. The molecule has 0 aromatic carbocycles. The number of amides is 1. The lowest BCUT2D eigenvalue weighted by Crippen LogP contribution is -2.50. The van der Waals surface area contributed by atoms with Gasteiger partial charge in [0.15, 0.2) is 5.96 Å². The van der Waals surface area contributed by atoms with Gasteiger partial charge in [0.05, 0.1) is 6.54 Å². The second-order valence-corrected chi connectivity index (χ2v) is 5.90. The quantitative estimate of drug-likeness (QED) is 0.521. The Morgan fingerprint density at radius 2 is 1.78 bits per heavy atom. The van der Waals surface area contributed by atoms with Gasteiger partial charge in [-0.15, -0.1) is 0 Å². The van der Waals surface area contributed by atoms with E-state index in [0.29, 0.717) is 17.9 Å². The SMILES string of the molecule is CN=C(NCC(=O)NC(C)(C)C)NC(C)C(C)C. The Balaban J connectivity index is 4.14. The van der Waals surface area contributed by atoms with Crippen molar-refractivity contribution in [3.8, 4) is 0 Å². The van der Waals surface area contributed by atoms with Gasteiger partial charge in [-0.2, -0.15) is 0 Å². The van der Waals surface area contributed by atoms with Crippen molar-refractivity contribution in [2.75, 3.05) is 13.6 Å². The first-order valence-electron chi connectivity index (χ1n) is 6.44. The summed E-state index contributed by atoms with van der Waals surface area (Å²) >= 11 is 0. The van der Waals surface area contributed by atoms with E-state index in [2.05, 4.69) is 41.7 Å². The van der Waals surface area contributed by atoms with Crippen LogP contribution in [0.15, 0.2) is 4.99 Å². The molecule has 0 radical (unpaired) electrons. The number of nitrogens with zero attached hydrogens (tertiary/aromatic N) is 1. The summed E-state index contributed by atoms with van der Waals surface area (Å²) in [6, 6.07) is 0.307. The first-order valence-corrected chi connectivity index (χ1v) is 6.44. The summed E-state index contributed by atoms with van der Waals surface area (Å²) in [5, 5.41) is 9.14. The van der Waals surface area contributed by atoms with Gasteiger partial charge < -0.3 is 16.0 Å². The molecule has 0 fully saturated rings. The topological polar surface area (TPSA) is 65.5 Å². The maximum absolute atomic E-state index is 11.6. The average molecular weight is 256 g/mol. The van der Waals surface area contributed by atoms with Crippen LogP contribution < -0.4 is 16.0 Å². The lowest BCUT2D eigenvalue weighted by atomic mass is 10.1. The third kappa shape index (κ3) is 7.92. The monoisotopic (exact) mass is 256 g/mol. The molecule has 0 saturated carbocycles. The van der Waals surface area contributed by atoms with Crippen molar-refractivity contribution in [1.82, 2.24) is 16.0 Å². The van der Waals surface area contributed by atoms with Crippen molar-refractivity contribution in [1.29, 1.82) is 0 Å². The Morgan fingerprint density at radius 1 is 1.22 bits per heavy atom. The minimum absolute atomic E-state index is 0.0392. The second-order valence-electron chi connectivity index (χ2n) is 5.90. The molecule has 0 heterocycles. The van der Waals surface area contributed by atoms with Gasteiger partial charge in [0, 0.05) is 18.6 Å². The zero-order valence-corrected chi connectivity index (χ0v) is 12.7. The highest BCUT2D eigenvalue weighted by atomic mass is 16.2. The molecule has 0 aromatic heterocycles. The van der Waals surface area contributed by atoms with Crippen molar-refractivity contribution < 1.29 is 4.79 Å². The predicted octanol–water partition coefficient (Wildman–Crippen LogP) is 1.11. The third-order valence-corrected chi connectivity index (χ3v) is 2.52. The van der Waals surface area contributed by atoms with Crippen LogP contribution >= 0.6 is 0 Å². The molecule has 106 valence electrons. The molecule has 0 spiro atoms. The summed E-state index contributed by atoms with van der Waals surface area (Å²) in [5.74, 6) is 1.12. The smallest absolute Gasteiger partial charge is 0.239 e. The Labute approximate surface area is 111 Å². The highest BCUT2D eigenvalue weighted by molar-refractivity contribution is 5.86. The first kappa shape index (κ1) is 16.7. The Morgan fingerprint density at radius 3 is 2.17 bits per heavy atom. The molecule has 0 aliphatic carbocycles. The number of aliphatic imine (C=N–C) groups is 1. The maximum atomic E-state index is 11.6. The molecule has 1 unspecified atom stereocenters. The summed E-state index contributed by atoms with van der Waals surface area (Å²) in [4.78, 5) is 15.7. The standard InChI is InChI=1S/C13H28N4O/c1-9(2)10(3)16-12(14-7)15-8-11(18)17-13(4,5)6/h9-10H,8H2,1-7H3,(H,17,18)(H2,14,15,16). The van der Waals surface area contributed by atoms with Crippen molar-refractivity contribution in [2.24, 2.45) is 10.9 Å². The van der Waals surface area contributed by atoms with Crippen LogP contribution in [0.2, 0.25) is 0 Å². The van der Waals surface area contributed by atoms with E-state index in [9.17, 15) is 4.79 Å². The summed E-state index contributed by atoms with van der Waals surface area (Å²) in [6.45, 7) is 12.5. The number of hydrogen-bond donors (Lipinski definition) is 3. The highest BCUT2D eigenvalue weighted by Crippen LogP contribution is 1.99. The predicted molar refractivity (Wildman–Crippen MR) is 76.7 cm³/mol. The average Bonchev–Trinajstić information content (AvgIpc) is 2.21. The maximum Gasteiger partial charge on any atom is 0.239 e. The second kappa shape index (κ2) is 7.24. The van der Waals surface area contributed by atoms with Crippen molar-refractivity contribution in [3.63, 3.8) is 0 Å². The van der Waals surface area contributed by atoms with Gasteiger partial charge in [-0.3, -0.25) is 9.79 Å². The molecule has 5 heteroatoms. The van der Waals surface area contributed by atoms with Gasteiger partial charge in [0.1, 0.15) is 0 Å². The third-order valence-electron chi connectivity index (χ3n) is 2.52. The fraction of sp³-hybridized carbons (Fsp3) is 0.846. The van der Waals surface area contributed by atoms with Crippen molar-refractivity contribution in [3.05, 3.63) is 0 Å². The van der Waals surface area contributed by atoms with E-state index in [1.807, 2.05) is 20.8 Å². The molecule has 0 rings (SSSR count). The van der Waals surface area contributed by atoms with Crippen molar-refractivity contribution >= 4 is 11.9 Å². The number of carbonyl (C=O) groups is 1. The Kier molecular flexibility index (Phi) is 6.73. The van der Waals surface area contributed by atoms with E-state index >= 15 is 0 Å². The van der Waals surface area contributed by atoms with Gasteiger partial charge in [-0.05, 0) is 33.6 Å². The molecule has 0 aliphatic rings. The largest absolute Gasteiger partial charge is 0.354 e. The lowest BCUT2D eigenvalue weighted by molar-refractivity contribution is -0.121. The molecule has 0 aliphatic heterocycles. The van der Waals surface area contributed by atoms with Crippen LogP contribution in [0.3, 0.4) is 0 Å². The molecule has 1 amide bonds. The van der Waals surface area contributed by atoms with Crippen LogP contribution in [0.25, 0.3) is 0 Å². The van der Waals surface area contributed by atoms with Gasteiger partial charge in [0.25, 0.3) is 0 Å². The van der Waals surface area contributed by atoms with Crippen molar-refractivity contribution in [2.45, 2.75) is 53.1 Å². The minimum atomic E-state index is -0.207. The summed E-state index contributed by atoms with van der Waals surface area (Å²) in [7, 11) is 1.70. The molecule has 0 saturated heterocycles. The van der Waals surface area contributed by atoms with E-state index < -0.39 is 0 Å². The van der Waals surface area contributed by atoms with Crippen LogP contribution in [-0.2, 0) is 4.79 Å². The van der Waals surface area contributed by atoms with E-state index in [-0.39, 0.29) is 18.0 Å². The highest BCUT2D eigenvalue weighted by Gasteiger charge is 2.14. The normalized spacial score (nSPS) is 14.3. The van der Waals surface area contributed by atoms with E-state index in [4.69, 9.17) is 0 Å². The Bertz CT molecular complexity index is 292. The fourth-order valence-corrected chi connectivity index (χ4v) is 1.20. The van der Waals surface area contributed by atoms with Crippen LogP contribution in [-0.4, -0.2) is 37.0 Å². The summed E-state index contributed by atoms with van der Waals surface area (Å²) in [6.07, 6.45) is 0. The molecule has 3 N–H and O–H groups in total. The van der Waals surface area contributed by atoms with Gasteiger partial charge in [0.2, 0.25) is 5.91 Å². The van der Waals surface area contributed by atoms with Gasteiger partial charge in [-0.25, -0.2) is 0 Å². The zero-order chi connectivity index (χ0) is 14.3. The fourth-order valence-electron chi connectivity index (χ4n) is 1.20. The van der Waals surface area contributed by atoms with Crippen LogP contribution in [0, 0.1) is 5.92 Å². The number of guanidine groups is 1. The molecule has 0 bridgehead atoms. The van der Waals surface area contributed by atoms with Crippen LogP contribution in [0.1, 0.15) is 41.5 Å². The minimum Gasteiger partial charge on any atom is -0.354 e. The van der Waals surface area contributed by atoms with E-state index in [0.717, 1.165) is 0 Å². The molecular formula is C13H28N4O.